The number of aliphatic hydroxyl groups excluding tert-OH is 1. The Bertz CT molecular complexity index is 452. The first-order valence-corrected chi connectivity index (χ1v) is 13.8. The van der Waals surface area contributed by atoms with Gasteiger partial charge in [-0.2, -0.15) is 0 Å². The molecule has 3 aliphatic rings. The van der Waals surface area contributed by atoms with Gasteiger partial charge in [0.05, 0.1) is 6.10 Å². The lowest BCUT2D eigenvalue weighted by atomic mass is 9.48. The van der Waals surface area contributed by atoms with E-state index >= 15 is 0 Å². The van der Waals surface area contributed by atoms with Crippen molar-refractivity contribution in [3.05, 3.63) is 0 Å². The van der Waals surface area contributed by atoms with E-state index in [2.05, 4.69) is 20.8 Å². The summed E-state index contributed by atoms with van der Waals surface area (Å²) in [6.07, 6.45) is 9.69. The van der Waals surface area contributed by atoms with E-state index in [0.29, 0.717) is 25.5 Å². The first-order chi connectivity index (χ1) is 13.9. The summed E-state index contributed by atoms with van der Waals surface area (Å²) in [6, 6.07) is 0. The van der Waals surface area contributed by atoms with Crippen molar-refractivity contribution in [1.82, 2.24) is 0 Å². The second kappa shape index (κ2) is 13.5. The Hall–Kier alpha value is 0.0600. The number of hydrogen-bond donors (Lipinski definition) is 1. The maximum atomic E-state index is 11.8. The van der Waals surface area contributed by atoms with Crippen molar-refractivity contribution in [2.24, 2.45) is 34.5 Å². The Morgan fingerprint density at radius 2 is 1.52 bits per heavy atom. The van der Waals surface area contributed by atoms with Gasteiger partial charge in [0.1, 0.15) is 0 Å². The fraction of sp³-hybridized carbons (Fsp3) is 1.00. The SMILES string of the molecule is CC.CC.CC.CCCC1(C)C(P=O)CCC2C1CCC1(C)C(C(C)O)CCC21. The van der Waals surface area contributed by atoms with Gasteiger partial charge in [-0.15, -0.1) is 0 Å². The average molecular weight is 429 g/mol. The molecule has 8 unspecified atom stereocenters. The number of hydrogen-bond acceptors (Lipinski definition) is 2. The summed E-state index contributed by atoms with van der Waals surface area (Å²) >= 11 is 0. The molecule has 0 heterocycles. The topological polar surface area (TPSA) is 37.3 Å². The van der Waals surface area contributed by atoms with Crippen LogP contribution in [0.4, 0.5) is 0 Å². The molecule has 0 aromatic heterocycles. The summed E-state index contributed by atoms with van der Waals surface area (Å²) in [4.78, 5) is 0. The molecule has 174 valence electrons. The third-order valence-electron chi connectivity index (χ3n) is 8.39. The Kier molecular flexibility index (Phi) is 13.5. The zero-order chi connectivity index (χ0) is 22.8. The van der Waals surface area contributed by atoms with Crippen LogP contribution < -0.4 is 0 Å². The van der Waals surface area contributed by atoms with E-state index in [1.54, 1.807) is 0 Å². The Morgan fingerprint density at radius 3 is 2.00 bits per heavy atom. The van der Waals surface area contributed by atoms with Crippen LogP contribution in [0.2, 0.25) is 0 Å². The highest BCUT2D eigenvalue weighted by atomic mass is 31.1. The molecule has 1 N–H and O–H groups in total. The Morgan fingerprint density at radius 1 is 0.931 bits per heavy atom. The van der Waals surface area contributed by atoms with Crippen molar-refractivity contribution in [2.45, 2.75) is 132 Å². The molecule has 0 aromatic rings. The van der Waals surface area contributed by atoms with Crippen molar-refractivity contribution in [1.29, 1.82) is 0 Å². The van der Waals surface area contributed by atoms with Crippen LogP contribution >= 0.6 is 8.46 Å². The molecular formula is C26H53O2P. The Labute approximate surface area is 185 Å². The zero-order valence-corrected chi connectivity index (χ0v) is 22.3. The fourth-order valence-electron chi connectivity index (χ4n) is 7.33. The van der Waals surface area contributed by atoms with Crippen LogP contribution in [0.15, 0.2) is 0 Å². The van der Waals surface area contributed by atoms with Crippen molar-refractivity contribution in [3.8, 4) is 0 Å². The smallest absolute Gasteiger partial charge is 0.159 e. The average Bonchev–Trinajstić information content (AvgIpc) is 3.10. The van der Waals surface area contributed by atoms with Crippen LogP contribution in [0.3, 0.4) is 0 Å². The molecule has 0 radical (unpaired) electrons. The van der Waals surface area contributed by atoms with Crippen molar-refractivity contribution < 1.29 is 9.67 Å². The van der Waals surface area contributed by atoms with Crippen LogP contribution in [-0.4, -0.2) is 16.9 Å². The molecule has 2 nitrogen and oxygen atoms in total. The van der Waals surface area contributed by atoms with Gasteiger partial charge in [-0.3, -0.25) is 4.57 Å². The van der Waals surface area contributed by atoms with Gasteiger partial charge in [-0.25, -0.2) is 0 Å². The molecule has 0 aliphatic heterocycles. The molecule has 0 saturated heterocycles. The van der Waals surface area contributed by atoms with E-state index in [0.717, 1.165) is 24.2 Å². The minimum absolute atomic E-state index is 0.167. The van der Waals surface area contributed by atoms with Crippen LogP contribution in [-0.2, 0) is 4.57 Å². The lowest BCUT2D eigenvalue weighted by molar-refractivity contribution is -0.0832. The van der Waals surface area contributed by atoms with E-state index in [-0.39, 0.29) is 11.5 Å². The summed E-state index contributed by atoms with van der Waals surface area (Å²) in [5, 5.41) is 10.3. The molecule has 0 amide bonds. The van der Waals surface area contributed by atoms with E-state index in [4.69, 9.17) is 0 Å². The maximum absolute atomic E-state index is 11.8. The monoisotopic (exact) mass is 428 g/mol. The molecule has 29 heavy (non-hydrogen) atoms. The zero-order valence-electron chi connectivity index (χ0n) is 21.4. The highest BCUT2D eigenvalue weighted by molar-refractivity contribution is 7.24. The minimum atomic E-state index is -0.167. The van der Waals surface area contributed by atoms with E-state index in [9.17, 15) is 9.67 Å². The highest BCUT2D eigenvalue weighted by Crippen LogP contribution is 2.66. The van der Waals surface area contributed by atoms with Gasteiger partial charge in [0, 0.05) is 5.66 Å². The van der Waals surface area contributed by atoms with Gasteiger partial charge in [0.25, 0.3) is 0 Å². The molecule has 0 spiro atoms. The number of aliphatic hydroxyl groups is 1. The predicted octanol–water partition coefficient (Wildman–Crippen LogP) is 8.77. The maximum Gasteiger partial charge on any atom is 0.159 e. The molecule has 3 heteroatoms. The van der Waals surface area contributed by atoms with Crippen molar-refractivity contribution in [3.63, 3.8) is 0 Å². The van der Waals surface area contributed by atoms with Crippen LogP contribution in [0.5, 0.6) is 0 Å². The van der Waals surface area contributed by atoms with Crippen molar-refractivity contribution >= 4 is 8.46 Å². The van der Waals surface area contributed by atoms with E-state index in [1.807, 2.05) is 48.5 Å². The molecule has 0 aromatic carbocycles. The highest BCUT2D eigenvalue weighted by Gasteiger charge is 2.59. The first kappa shape index (κ1) is 29.1. The third kappa shape index (κ3) is 5.65. The molecule has 3 saturated carbocycles. The van der Waals surface area contributed by atoms with Crippen LogP contribution in [0.1, 0.15) is 121 Å². The minimum Gasteiger partial charge on any atom is -0.393 e. The predicted molar refractivity (Wildman–Crippen MR) is 130 cm³/mol. The van der Waals surface area contributed by atoms with Crippen LogP contribution in [0, 0.1) is 34.5 Å². The van der Waals surface area contributed by atoms with Gasteiger partial charge < -0.3 is 5.11 Å². The molecular weight excluding hydrogens is 375 g/mol. The second-order valence-electron chi connectivity index (χ2n) is 9.30. The third-order valence-corrected chi connectivity index (χ3v) is 9.49. The van der Waals surface area contributed by atoms with E-state index in [1.165, 1.54) is 44.9 Å². The van der Waals surface area contributed by atoms with Gasteiger partial charge in [0.15, 0.2) is 8.46 Å². The van der Waals surface area contributed by atoms with Gasteiger partial charge >= 0.3 is 0 Å². The largest absolute Gasteiger partial charge is 0.393 e. The molecule has 3 rings (SSSR count). The molecule has 3 fully saturated rings. The standard InChI is InChI=1S/C20H35O2P.3C2H6/c1-5-11-20(4)17-10-12-19(3)15(13(2)21)7-8-16(19)14(17)6-9-18(20)23-22;3*1-2/h13-18,21H,5-12H2,1-4H3;3*1-2H3. The van der Waals surface area contributed by atoms with Gasteiger partial charge in [0.2, 0.25) is 0 Å². The summed E-state index contributed by atoms with van der Waals surface area (Å²) < 4.78 is 11.8. The molecule has 0 bridgehead atoms. The second-order valence-corrected chi connectivity index (χ2v) is 10.1. The summed E-state index contributed by atoms with van der Waals surface area (Å²) in [6.45, 7) is 21.2. The van der Waals surface area contributed by atoms with Crippen LogP contribution in [0.25, 0.3) is 0 Å². The molecule has 3 aliphatic carbocycles. The first-order valence-electron chi connectivity index (χ1n) is 12.9. The lowest BCUT2D eigenvalue weighted by Gasteiger charge is -2.58. The van der Waals surface area contributed by atoms with Crippen molar-refractivity contribution in [2.75, 3.05) is 0 Å². The summed E-state index contributed by atoms with van der Waals surface area (Å²) in [5.74, 6) is 2.81. The van der Waals surface area contributed by atoms with Gasteiger partial charge in [-0.1, -0.05) is 68.7 Å². The fourth-order valence-corrected chi connectivity index (χ4v) is 8.15. The lowest BCUT2D eigenvalue weighted by Crippen LogP contribution is -2.53. The summed E-state index contributed by atoms with van der Waals surface area (Å²) in [5.41, 5.74) is 0.956. The Balaban J connectivity index is 0.00000120. The number of rotatable bonds is 4. The number of fused-ring (bicyclic) bond motifs is 3. The van der Waals surface area contributed by atoms with Gasteiger partial charge in [-0.05, 0) is 86.4 Å². The normalized spacial score (nSPS) is 41.3. The quantitative estimate of drug-likeness (QED) is 0.454. The molecule has 8 atom stereocenters. The van der Waals surface area contributed by atoms with E-state index < -0.39 is 0 Å². The summed E-state index contributed by atoms with van der Waals surface area (Å²) in [7, 11) is 0.378.